The van der Waals surface area contributed by atoms with Crippen molar-refractivity contribution in [3.63, 3.8) is 0 Å². The molecule has 0 saturated heterocycles. The van der Waals surface area contributed by atoms with Gasteiger partial charge in [-0.3, -0.25) is 0 Å². The van der Waals surface area contributed by atoms with Gasteiger partial charge in [-0.2, -0.15) is 0 Å². The minimum absolute atomic E-state index is 0.0351. The Balaban J connectivity index is 1.77. The maximum Gasteiger partial charge on any atom is 0.131 e. The average molecular weight is 285 g/mol. The van der Waals surface area contributed by atoms with Gasteiger partial charge in [-0.25, -0.2) is 4.39 Å². The van der Waals surface area contributed by atoms with E-state index in [1.807, 2.05) is 6.92 Å². The third-order valence-electron chi connectivity index (χ3n) is 4.26. The number of fused-ring (bicyclic) bond motifs is 1. The molecule has 0 radical (unpaired) electrons. The molecule has 2 aromatic carbocycles. The van der Waals surface area contributed by atoms with Crippen molar-refractivity contribution in [2.24, 2.45) is 0 Å². The fourth-order valence-corrected chi connectivity index (χ4v) is 3.11. The van der Waals surface area contributed by atoms with E-state index in [1.54, 1.807) is 19.2 Å². The zero-order chi connectivity index (χ0) is 14.8. The molecule has 1 N–H and O–H groups in total. The predicted molar refractivity (Wildman–Crippen MR) is 82.0 cm³/mol. The van der Waals surface area contributed by atoms with Gasteiger partial charge in [0.05, 0.1) is 7.11 Å². The van der Waals surface area contributed by atoms with Crippen LogP contribution in [0, 0.1) is 5.82 Å². The number of nitrogens with one attached hydrogen (secondary N) is 1. The lowest BCUT2D eigenvalue weighted by Gasteiger charge is -2.21. The molecule has 2 atom stereocenters. The van der Waals surface area contributed by atoms with E-state index < -0.39 is 0 Å². The molecular weight excluding hydrogens is 265 g/mol. The first-order valence-corrected chi connectivity index (χ1v) is 7.36. The van der Waals surface area contributed by atoms with Crippen LogP contribution in [0.1, 0.15) is 42.1 Å². The van der Waals surface area contributed by atoms with Crippen molar-refractivity contribution in [2.45, 2.75) is 31.8 Å². The van der Waals surface area contributed by atoms with Crippen LogP contribution < -0.4 is 10.1 Å². The number of benzene rings is 2. The highest BCUT2D eigenvalue weighted by Gasteiger charge is 2.24. The Hall–Kier alpha value is -1.87. The maximum atomic E-state index is 14.1. The summed E-state index contributed by atoms with van der Waals surface area (Å²) in [6, 6.07) is 13.8. The number of ether oxygens (including phenoxy) is 1. The summed E-state index contributed by atoms with van der Waals surface area (Å²) in [7, 11) is 1.55. The zero-order valence-electron chi connectivity index (χ0n) is 12.4. The monoisotopic (exact) mass is 285 g/mol. The molecule has 110 valence electrons. The van der Waals surface area contributed by atoms with Crippen LogP contribution >= 0.6 is 0 Å². The van der Waals surface area contributed by atoms with E-state index in [1.165, 1.54) is 17.2 Å². The molecule has 1 aliphatic rings. The molecule has 21 heavy (non-hydrogen) atoms. The van der Waals surface area contributed by atoms with Crippen molar-refractivity contribution in [1.82, 2.24) is 5.32 Å². The number of hydrogen-bond acceptors (Lipinski definition) is 2. The molecule has 3 rings (SSSR count). The Kier molecular flexibility index (Phi) is 3.93. The van der Waals surface area contributed by atoms with Gasteiger partial charge in [0.2, 0.25) is 0 Å². The zero-order valence-corrected chi connectivity index (χ0v) is 12.4. The molecule has 1 aliphatic carbocycles. The van der Waals surface area contributed by atoms with Crippen molar-refractivity contribution in [2.75, 3.05) is 7.11 Å². The highest BCUT2D eigenvalue weighted by Crippen LogP contribution is 2.33. The van der Waals surface area contributed by atoms with Gasteiger partial charge in [0, 0.05) is 23.7 Å². The van der Waals surface area contributed by atoms with Crippen molar-refractivity contribution in [1.29, 1.82) is 0 Å². The number of halogens is 1. The summed E-state index contributed by atoms with van der Waals surface area (Å²) in [6.07, 6.45) is 2.16. The van der Waals surface area contributed by atoms with Crippen LogP contribution in [0.2, 0.25) is 0 Å². The normalized spacial score (nSPS) is 18.3. The first-order valence-electron chi connectivity index (χ1n) is 7.36. The van der Waals surface area contributed by atoms with Gasteiger partial charge in [0.1, 0.15) is 11.6 Å². The predicted octanol–water partition coefficient (Wildman–Crippen LogP) is 4.17. The van der Waals surface area contributed by atoms with Crippen molar-refractivity contribution in [3.05, 3.63) is 65.0 Å². The number of aryl methyl sites for hydroxylation is 1. The van der Waals surface area contributed by atoms with Gasteiger partial charge >= 0.3 is 0 Å². The topological polar surface area (TPSA) is 21.3 Å². The van der Waals surface area contributed by atoms with E-state index in [-0.39, 0.29) is 11.9 Å². The molecule has 0 amide bonds. The van der Waals surface area contributed by atoms with E-state index in [4.69, 9.17) is 4.74 Å². The second-order valence-corrected chi connectivity index (χ2v) is 5.57. The fraction of sp³-hybridized carbons (Fsp3) is 0.333. The second-order valence-electron chi connectivity index (χ2n) is 5.57. The van der Waals surface area contributed by atoms with Crippen LogP contribution in [0.4, 0.5) is 4.39 Å². The fourth-order valence-electron chi connectivity index (χ4n) is 3.11. The SMILES string of the molecule is COc1ccc(C(C)NC2CCc3ccccc32)c(F)c1. The van der Waals surface area contributed by atoms with E-state index in [2.05, 4.69) is 29.6 Å². The summed E-state index contributed by atoms with van der Waals surface area (Å²) in [5, 5.41) is 3.55. The molecule has 0 spiro atoms. The molecule has 2 aromatic rings. The van der Waals surface area contributed by atoms with E-state index in [9.17, 15) is 4.39 Å². The average Bonchev–Trinajstić information content (AvgIpc) is 2.90. The molecule has 2 unspecified atom stereocenters. The van der Waals surface area contributed by atoms with Crippen molar-refractivity contribution in [3.8, 4) is 5.75 Å². The number of hydrogen-bond donors (Lipinski definition) is 1. The van der Waals surface area contributed by atoms with Crippen LogP contribution in [-0.4, -0.2) is 7.11 Å². The third kappa shape index (κ3) is 2.79. The van der Waals surface area contributed by atoms with Gasteiger partial charge < -0.3 is 10.1 Å². The van der Waals surface area contributed by atoms with Gasteiger partial charge in [-0.15, -0.1) is 0 Å². The Morgan fingerprint density at radius 1 is 1.24 bits per heavy atom. The van der Waals surface area contributed by atoms with Crippen LogP contribution in [-0.2, 0) is 6.42 Å². The first-order chi connectivity index (χ1) is 10.2. The lowest BCUT2D eigenvalue weighted by atomic mass is 10.0. The smallest absolute Gasteiger partial charge is 0.131 e. The van der Waals surface area contributed by atoms with Gasteiger partial charge in [0.15, 0.2) is 0 Å². The van der Waals surface area contributed by atoms with Crippen LogP contribution in [0.3, 0.4) is 0 Å². The van der Waals surface area contributed by atoms with Crippen molar-refractivity contribution >= 4 is 0 Å². The first kappa shape index (κ1) is 14.1. The molecule has 0 bridgehead atoms. The number of methoxy groups -OCH3 is 1. The van der Waals surface area contributed by atoms with Gasteiger partial charge in [-0.05, 0) is 37.0 Å². The Morgan fingerprint density at radius 3 is 2.81 bits per heavy atom. The lowest BCUT2D eigenvalue weighted by molar-refractivity contribution is 0.407. The summed E-state index contributed by atoms with van der Waals surface area (Å²) >= 11 is 0. The molecule has 0 fully saturated rings. The minimum atomic E-state index is -0.222. The van der Waals surface area contributed by atoms with Crippen LogP contribution in [0.5, 0.6) is 5.75 Å². The second kappa shape index (κ2) is 5.86. The summed E-state index contributed by atoms with van der Waals surface area (Å²) in [5.41, 5.74) is 3.43. The largest absolute Gasteiger partial charge is 0.497 e. The molecule has 0 heterocycles. The molecule has 0 aliphatic heterocycles. The molecule has 0 saturated carbocycles. The Labute approximate surface area is 125 Å². The highest BCUT2D eigenvalue weighted by atomic mass is 19.1. The Morgan fingerprint density at radius 2 is 2.05 bits per heavy atom. The minimum Gasteiger partial charge on any atom is -0.497 e. The van der Waals surface area contributed by atoms with Crippen molar-refractivity contribution < 1.29 is 9.13 Å². The summed E-state index contributed by atoms with van der Waals surface area (Å²) < 4.78 is 19.2. The van der Waals surface area contributed by atoms with Crippen LogP contribution in [0.15, 0.2) is 42.5 Å². The van der Waals surface area contributed by atoms with Crippen LogP contribution in [0.25, 0.3) is 0 Å². The lowest BCUT2D eigenvalue weighted by Crippen LogP contribution is -2.23. The maximum absolute atomic E-state index is 14.1. The molecular formula is C18H20FNO. The van der Waals surface area contributed by atoms with E-state index in [0.717, 1.165) is 12.8 Å². The van der Waals surface area contributed by atoms with Gasteiger partial charge in [0.25, 0.3) is 0 Å². The van der Waals surface area contributed by atoms with E-state index >= 15 is 0 Å². The standard InChI is InChI=1S/C18H20FNO/c1-12(15-9-8-14(21-2)11-17(15)19)20-18-10-7-13-5-3-4-6-16(13)18/h3-6,8-9,11-12,18,20H,7,10H2,1-2H3. The summed E-state index contributed by atoms with van der Waals surface area (Å²) in [6.45, 7) is 2.01. The summed E-state index contributed by atoms with van der Waals surface area (Å²) in [5.74, 6) is 0.329. The summed E-state index contributed by atoms with van der Waals surface area (Å²) in [4.78, 5) is 0. The molecule has 0 aromatic heterocycles. The van der Waals surface area contributed by atoms with Gasteiger partial charge in [-0.1, -0.05) is 30.3 Å². The third-order valence-corrected chi connectivity index (χ3v) is 4.26. The Bertz CT molecular complexity index is 641. The quantitative estimate of drug-likeness (QED) is 0.910. The molecule has 3 heteroatoms. The number of rotatable bonds is 4. The highest BCUT2D eigenvalue weighted by molar-refractivity contribution is 5.35. The van der Waals surface area contributed by atoms with E-state index in [0.29, 0.717) is 17.4 Å². The molecule has 2 nitrogen and oxygen atoms in total.